The van der Waals surface area contributed by atoms with E-state index in [0.717, 1.165) is 25.6 Å². The lowest BCUT2D eigenvalue weighted by atomic mass is 9.82. The maximum atomic E-state index is 9.68. The number of hydrogen-bond donors (Lipinski definition) is 2. The summed E-state index contributed by atoms with van der Waals surface area (Å²) in [4.78, 5) is 2.64. The number of aliphatic hydroxyl groups is 1. The number of likely N-dealkylation sites (tertiary alicyclic amines) is 1. The van der Waals surface area contributed by atoms with Crippen LogP contribution in [0.15, 0.2) is 0 Å². The molecule has 3 rings (SSSR count). The largest absolute Gasteiger partial charge is 0.396 e. The Kier molecular flexibility index (Phi) is 3.42. The van der Waals surface area contributed by atoms with Crippen molar-refractivity contribution in [2.24, 2.45) is 17.3 Å². The zero-order valence-electron chi connectivity index (χ0n) is 10.8. The normalized spacial score (nSPS) is 39.7. The number of fused-ring (bicyclic) bond motifs is 1. The second-order valence-electron chi connectivity index (χ2n) is 6.55. The van der Waals surface area contributed by atoms with Gasteiger partial charge in [0.2, 0.25) is 0 Å². The van der Waals surface area contributed by atoms with Crippen molar-refractivity contribution < 1.29 is 5.11 Å². The van der Waals surface area contributed by atoms with E-state index in [1.807, 2.05) is 0 Å². The van der Waals surface area contributed by atoms with Crippen LogP contribution in [0.25, 0.3) is 0 Å². The molecule has 1 aliphatic carbocycles. The number of hydrogen-bond acceptors (Lipinski definition) is 3. The van der Waals surface area contributed by atoms with Gasteiger partial charge in [-0.05, 0) is 31.2 Å². The van der Waals surface area contributed by atoms with Gasteiger partial charge >= 0.3 is 0 Å². The minimum absolute atomic E-state index is 0.189. The van der Waals surface area contributed by atoms with E-state index >= 15 is 0 Å². The molecule has 3 fully saturated rings. The molecule has 3 aliphatic rings. The average molecular weight is 238 g/mol. The van der Waals surface area contributed by atoms with Gasteiger partial charge in [-0.15, -0.1) is 0 Å². The Balaban J connectivity index is 1.56. The summed E-state index contributed by atoms with van der Waals surface area (Å²) < 4.78 is 0. The zero-order chi connectivity index (χ0) is 11.7. The highest BCUT2D eigenvalue weighted by Gasteiger charge is 2.49. The molecule has 0 radical (unpaired) electrons. The summed E-state index contributed by atoms with van der Waals surface area (Å²) in [7, 11) is 0. The molecule has 98 valence electrons. The average Bonchev–Trinajstić information content (AvgIpc) is 2.87. The Morgan fingerprint density at radius 3 is 2.76 bits per heavy atom. The van der Waals surface area contributed by atoms with Gasteiger partial charge < -0.3 is 15.3 Å². The summed E-state index contributed by atoms with van der Waals surface area (Å²) in [5, 5.41) is 13.1. The maximum Gasteiger partial charge on any atom is 0.0515 e. The van der Waals surface area contributed by atoms with Crippen LogP contribution in [-0.4, -0.2) is 49.3 Å². The molecular weight excluding hydrogens is 212 g/mol. The van der Waals surface area contributed by atoms with E-state index in [2.05, 4.69) is 10.2 Å². The second kappa shape index (κ2) is 4.87. The first kappa shape index (κ1) is 11.9. The van der Waals surface area contributed by atoms with Gasteiger partial charge in [0.05, 0.1) is 6.61 Å². The highest BCUT2D eigenvalue weighted by Crippen LogP contribution is 2.39. The first-order valence-corrected chi connectivity index (χ1v) is 7.36. The molecule has 0 aromatic heterocycles. The van der Waals surface area contributed by atoms with Crippen molar-refractivity contribution in [1.82, 2.24) is 10.2 Å². The fourth-order valence-corrected chi connectivity index (χ4v) is 4.23. The third-order valence-electron chi connectivity index (χ3n) is 5.31. The molecule has 2 unspecified atom stereocenters. The number of rotatable bonds is 3. The van der Waals surface area contributed by atoms with Crippen molar-refractivity contribution in [1.29, 1.82) is 0 Å². The Morgan fingerprint density at radius 1 is 1.24 bits per heavy atom. The van der Waals surface area contributed by atoms with Crippen LogP contribution < -0.4 is 5.32 Å². The summed E-state index contributed by atoms with van der Waals surface area (Å²) >= 11 is 0. The van der Waals surface area contributed by atoms with E-state index in [4.69, 9.17) is 0 Å². The lowest BCUT2D eigenvalue weighted by Crippen LogP contribution is -2.37. The fraction of sp³-hybridized carbons (Fsp3) is 1.00. The van der Waals surface area contributed by atoms with Crippen LogP contribution in [0.2, 0.25) is 0 Å². The summed E-state index contributed by atoms with van der Waals surface area (Å²) in [5.41, 5.74) is 0.189. The molecule has 0 spiro atoms. The van der Waals surface area contributed by atoms with E-state index < -0.39 is 0 Å². The van der Waals surface area contributed by atoms with Crippen LogP contribution in [0.5, 0.6) is 0 Å². The third kappa shape index (κ3) is 2.25. The van der Waals surface area contributed by atoms with Gasteiger partial charge in [0, 0.05) is 31.6 Å². The molecule has 2 aliphatic heterocycles. The van der Waals surface area contributed by atoms with Crippen molar-refractivity contribution in [3.05, 3.63) is 0 Å². The molecule has 1 saturated carbocycles. The summed E-state index contributed by atoms with van der Waals surface area (Å²) in [6.45, 7) is 6.13. The van der Waals surface area contributed by atoms with Crippen LogP contribution >= 0.6 is 0 Å². The molecule has 17 heavy (non-hydrogen) atoms. The SMILES string of the molecule is OCC12CNCC1CN(CC1CCCCC1)C2. The molecule has 0 aromatic rings. The zero-order valence-corrected chi connectivity index (χ0v) is 10.8. The quantitative estimate of drug-likeness (QED) is 0.772. The summed E-state index contributed by atoms with van der Waals surface area (Å²) in [6.07, 6.45) is 7.20. The standard InChI is InChI=1S/C14H26N2O/c17-11-14-9-15-6-13(14)8-16(10-14)7-12-4-2-1-3-5-12/h12-13,15,17H,1-11H2. The number of nitrogens with one attached hydrogen (secondary N) is 1. The van der Waals surface area contributed by atoms with Crippen LogP contribution in [0, 0.1) is 17.3 Å². The molecule has 0 amide bonds. The van der Waals surface area contributed by atoms with Crippen molar-refractivity contribution in [2.75, 3.05) is 39.3 Å². The van der Waals surface area contributed by atoms with Crippen molar-refractivity contribution in [3.63, 3.8) is 0 Å². The van der Waals surface area contributed by atoms with E-state index in [9.17, 15) is 5.11 Å². The first-order valence-electron chi connectivity index (χ1n) is 7.36. The van der Waals surface area contributed by atoms with Crippen LogP contribution in [0.3, 0.4) is 0 Å². The predicted octanol–water partition coefficient (Wildman–Crippen LogP) is 1.08. The molecule has 2 saturated heterocycles. The predicted molar refractivity (Wildman–Crippen MR) is 68.9 cm³/mol. The molecule has 0 bridgehead atoms. The van der Waals surface area contributed by atoms with Gasteiger partial charge in [-0.2, -0.15) is 0 Å². The molecule has 0 aromatic carbocycles. The van der Waals surface area contributed by atoms with Crippen molar-refractivity contribution in [3.8, 4) is 0 Å². The van der Waals surface area contributed by atoms with Gasteiger partial charge in [0.1, 0.15) is 0 Å². The Hall–Kier alpha value is -0.120. The van der Waals surface area contributed by atoms with Crippen LogP contribution in [-0.2, 0) is 0 Å². The van der Waals surface area contributed by atoms with E-state index in [1.165, 1.54) is 45.2 Å². The summed E-state index contributed by atoms with van der Waals surface area (Å²) in [5.74, 6) is 1.63. The highest BCUT2D eigenvalue weighted by molar-refractivity contribution is 5.03. The Morgan fingerprint density at radius 2 is 2.06 bits per heavy atom. The lowest BCUT2D eigenvalue weighted by Gasteiger charge is -2.29. The molecule has 3 nitrogen and oxygen atoms in total. The lowest BCUT2D eigenvalue weighted by molar-refractivity contribution is 0.120. The third-order valence-corrected chi connectivity index (χ3v) is 5.31. The van der Waals surface area contributed by atoms with E-state index in [0.29, 0.717) is 12.5 Å². The van der Waals surface area contributed by atoms with E-state index in [-0.39, 0.29) is 5.41 Å². The van der Waals surface area contributed by atoms with Crippen LogP contribution in [0.4, 0.5) is 0 Å². The van der Waals surface area contributed by atoms with Crippen molar-refractivity contribution in [2.45, 2.75) is 32.1 Å². The molecule has 2 N–H and O–H groups in total. The fourth-order valence-electron chi connectivity index (χ4n) is 4.23. The van der Waals surface area contributed by atoms with Gasteiger partial charge in [0.15, 0.2) is 0 Å². The molecule has 3 heteroatoms. The minimum Gasteiger partial charge on any atom is -0.396 e. The smallest absolute Gasteiger partial charge is 0.0515 e. The van der Waals surface area contributed by atoms with Gasteiger partial charge in [0.25, 0.3) is 0 Å². The van der Waals surface area contributed by atoms with E-state index in [1.54, 1.807) is 0 Å². The Labute approximate surface area is 105 Å². The molecule has 2 atom stereocenters. The number of aliphatic hydroxyl groups excluding tert-OH is 1. The van der Waals surface area contributed by atoms with Gasteiger partial charge in [-0.1, -0.05) is 19.3 Å². The maximum absolute atomic E-state index is 9.68. The molecule has 2 heterocycles. The monoisotopic (exact) mass is 238 g/mol. The minimum atomic E-state index is 0.189. The first-order chi connectivity index (χ1) is 8.32. The van der Waals surface area contributed by atoms with Crippen LogP contribution in [0.1, 0.15) is 32.1 Å². The van der Waals surface area contributed by atoms with Gasteiger partial charge in [-0.25, -0.2) is 0 Å². The second-order valence-corrected chi connectivity index (χ2v) is 6.55. The van der Waals surface area contributed by atoms with Crippen molar-refractivity contribution >= 4 is 0 Å². The topological polar surface area (TPSA) is 35.5 Å². The van der Waals surface area contributed by atoms with Gasteiger partial charge in [-0.3, -0.25) is 0 Å². The Bertz CT molecular complexity index is 265. The highest BCUT2D eigenvalue weighted by atomic mass is 16.3. The number of nitrogens with zero attached hydrogens (tertiary/aromatic N) is 1. The molecular formula is C14H26N2O. The summed E-state index contributed by atoms with van der Waals surface area (Å²) in [6, 6.07) is 0.